The molecule has 3 heterocycles. The summed E-state index contributed by atoms with van der Waals surface area (Å²) >= 11 is 0. The molecule has 9 nitrogen and oxygen atoms in total. The first kappa shape index (κ1) is 27.4. The van der Waals surface area contributed by atoms with Crippen molar-refractivity contribution in [2.75, 3.05) is 16.8 Å². The van der Waals surface area contributed by atoms with Gasteiger partial charge in [0.25, 0.3) is 11.7 Å². The SMILES string of the molecule is O=[N+]([O-])c1ccc(N2C[C@H]3CC[C@@H]2[C@@H](N[C@@H]2CCCC[C@H]2Nc2ncc(-c4ccc(OC(F)(F)F)cc4)o2)C3)cc1. The Labute approximate surface area is 235 Å². The standard InChI is InChI=1S/C29H32F3N5O4/c30-29(31,32)41-22-12-6-19(7-13-22)27-16-33-28(40-27)35-24-4-2-1-3-23(24)34-25-15-18-5-14-26(25)36(17-18)20-8-10-21(11-9-20)37(38)39/h6-13,16,18,23-26,34H,1-5,14-15,17H2,(H,33,35)/t18-,23+,24+,25-,26+/m0/s1. The number of hydrogen-bond acceptors (Lipinski definition) is 8. The molecule has 2 saturated heterocycles. The Hall–Kier alpha value is -3.80. The van der Waals surface area contributed by atoms with E-state index in [4.69, 9.17) is 4.42 Å². The van der Waals surface area contributed by atoms with Crippen molar-refractivity contribution in [3.8, 4) is 17.1 Å². The normalized spacial score (nSPS) is 26.1. The molecule has 0 spiro atoms. The van der Waals surface area contributed by atoms with Gasteiger partial charge in [0.2, 0.25) is 0 Å². The van der Waals surface area contributed by atoms with Crippen LogP contribution in [-0.4, -0.2) is 47.0 Å². The third-order valence-electron chi connectivity index (χ3n) is 8.55. The Balaban J connectivity index is 1.11. The number of oxazole rings is 1. The Morgan fingerprint density at radius 3 is 2.39 bits per heavy atom. The number of piperidine rings is 2. The number of alkyl halides is 3. The van der Waals surface area contributed by atoms with E-state index in [1.165, 1.54) is 30.7 Å². The van der Waals surface area contributed by atoms with Gasteiger partial charge in [0, 0.05) is 54.1 Å². The molecule has 3 aromatic rings. The molecular weight excluding hydrogens is 539 g/mol. The lowest BCUT2D eigenvalue weighted by molar-refractivity contribution is -0.384. The van der Waals surface area contributed by atoms with E-state index in [-0.39, 0.29) is 28.4 Å². The summed E-state index contributed by atoms with van der Waals surface area (Å²) in [6.45, 7) is 0.968. The number of ether oxygens (including phenoxy) is 1. The first-order valence-electron chi connectivity index (χ1n) is 14.1. The van der Waals surface area contributed by atoms with E-state index in [2.05, 4.69) is 25.3 Å². The fourth-order valence-electron chi connectivity index (χ4n) is 6.67. The fourth-order valence-corrected chi connectivity index (χ4v) is 6.67. The second-order valence-electron chi connectivity index (χ2n) is 11.2. The Morgan fingerprint density at radius 1 is 0.976 bits per heavy atom. The second-order valence-corrected chi connectivity index (χ2v) is 11.2. The van der Waals surface area contributed by atoms with Crippen LogP contribution in [0.5, 0.6) is 5.75 Å². The summed E-state index contributed by atoms with van der Waals surface area (Å²) in [6, 6.07) is 13.7. The molecular formula is C29H32F3N5O4. The molecule has 0 amide bonds. The maximum atomic E-state index is 12.5. The number of anilines is 2. The van der Waals surface area contributed by atoms with Crippen molar-refractivity contribution < 1.29 is 27.2 Å². The quantitative estimate of drug-likeness (QED) is 0.233. The third kappa shape index (κ3) is 6.27. The fraction of sp³-hybridized carbons (Fsp3) is 0.483. The minimum Gasteiger partial charge on any atom is -0.424 e. The Morgan fingerprint density at radius 2 is 1.71 bits per heavy atom. The molecule has 4 fully saturated rings. The van der Waals surface area contributed by atoms with Crippen molar-refractivity contribution in [3.05, 3.63) is 64.8 Å². The van der Waals surface area contributed by atoms with Crippen LogP contribution in [0, 0.1) is 16.0 Å². The molecule has 0 unspecified atom stereocenters. The van der Waals surface area contributed by atoms with Gasteiger partial charge < -0.3 is 24.7 Å². The molecule has 2 saturated carbocycles. The van der Waals surface area contributed by atoms with Crippen LogP contribution in [0.2, 0.25) is 0 Å². The highest BCUT2D eigenvalue weighted by Gasteiger charge is 2.42. The number of aromatic nitrogens is 1. The maximum Gasteiger partial charge on any atom is 0.573 e. The smallest absolute Gasteiger partial charge is 0.424 e. The molecule has 2 aromatic carbocycles. The summed E-state index contributed by atoms with van der Waals surface area (Å²) in [5.41, 5.74) is 1.73. The summed E-state index contributed by atoms with van der Waals surface area (Å²) in [5.74, 6) is 0.735. The van der Waals surface area contributed by atoms with Crippen molar-refractivity contribution in [2.45, 2.75) is 75.5 Å². The molecule has 41 heavy (non-hydrogen) atoms. The largest absolute Gasteiger partial charge is 0.573 e. The van der Waals surface area contributed by atoms with E-state index >= 15 is 0 Å². The molecule has 218 valence electrons. The van der Waals surface area contributed by atoms with Crippen LogP contribution in [0.15, 0.2) is 59.1 Å². The number of benzene rings is 2. The third-order valence-corrected chi connectivity index (χ3v) is 8.55. The number of halogens is 3. The molecule has 5 atom stereocenters. The zero-order valence-corrected chi connectivity index (χ0v) is 22.3. The molecule has 12 heteroatoms. The van der Waals surface area contributed by atoms with Crippen LogP contribution in [-0.2, 0) is 0 Å². The topological polar surface area (TPSA) is 106 Å². The summed E-state index contributed by atoms with van der Waals surface area (Å²) in [6.07, 6.45) is 4.42. The summed E-state index contributed by atoms with van der Waals surface area (Å²) < 4.78 is 47.3. The number of hydrogen-bond donors (Lipinski definition) is 2. The summed E-state index contributed by atoms with van der Waals surface area (Å²) in [7, 11) is 0. The van der Waals surface area contributed by atoms with Gasteiger partial charge in [0.1, 0.15) is 5.75 Å². The summed E-state index contributed by atoms with van der Waals surface area (Å²) in [4.78, 5) is 17.5. The average Bonchev–Trinajstić information content (AvgIpc) is 3.42. The summed E-state index contributed by atoms with van der Waals surface area (Å²) in [5, 5.41) is 18.5. The van der Waals surface area contributed by atoms with Gasteiger partial charge in [-0.15, -0.1) is 13.2 Å². The van der Waals surface area contributed by atoms with Crippen molar-refractivity contribution in [1.82, 2.24) is 10.3 Å². The Bertz CT molecular complexity index is 1350. The highest BCUT2D eigenvalue weighted by molar-refractivity contribution is 5.58. The number of nitro groups is 1. The monoisotopic (exact) mass is 571 g/mol. The van der Waals surface area contributed by atoms with Crippen molar-refractivity contribution >= 4 is 17.4 Å². The van der Waals surface area contributed by atoms with Crippen LogP contribution in [0.3, 0.4) is 0 Å². The maximum absolute atomic E-state index is 12.5. The molecule has 2 aliphatic heterocycles. The number of nitrogens with zero attached hydrogens (tertiary/aromatic N) is 3. The molecule has 0 radical (unpaired) electrons. The average molecular weight is 572 g/mol. The van der Waals surface area contributed by atoms with E-state index in [1.54, 1.807) is 18.3 Å². The first-order chi connectivity index (χ1) is 19.7. The minimum atomic E-state index is -4.74. The lowest BCUT2D eigenvalue weighted by Crippen LogP contribution is -2.63. The van der Waals surface area contributed by atoms with Crippen molar-refractivity contribution in [1.29, 1.82) is 0 Å². The van der Waals surface area contributed by atoms with E-state index in [9.17, 15) is 23.3 Å². The van der Waals surface area contributed by atoms with Gasteiger partial charge in [-0.3, -0.25) is 10.1 Å². The van der Waals surface area contributed by atoms with Crippen LogP contribution in [0.25, 0.3) is 11.3 Å². The van der Waals surface area contributed by atoms with E-state index in [0.29, 0.717) is 35.3 Å². The highest BCUT2D eigenvalue weighted by Crippen LogP contribution is 2.39. The number of nitro benzene ring substituents is 1. The highest BCUT2D eigenvalue weighted by atomic mass is 19.4. The number of non-ortho nitro benzene ring substituents is 1. The van der Waals surface area contributed by atoms with Crippen molar-refractivity contribution in [2.24, 2.45) is 5.92 Å². The minimum absolute atomic E-state index is 0.101. The predicted molar refractivity (Wildman–Crippen MR) is 147 cm³/mol. The van der Waals surface area contributed by atoms with E-state index < -0.39 is 6.36 Å². The molecule has 2 N–H and O–H groups in total. The molecule has 4 aliphatic rings. The Kier molecular flexibility index (Phi) is 7.50. The number of nitrogens with one attached hydrogen (secondary N) is 2. The predicted octanol–water partition coefficient (Wildman–Crippen LogP) is 6.52. The van der Waals surface area contributed by atoms with Crippen LogP contribution in [0.1, 0.15) is 44.9 Å². The van der Waals surface area contributed by atoms with Crippen molar-refractivity contribution in [3.63, 3.8) is 0 Å². The second kappa shape index (κ2) is 11.2. The van der Waals surface area contributed by atoms with Gasteiger partial charge in [-0.2, -0.15) is 0 Å². The number of rotatable bonds is 8. The molecule has 2 aliphatic carbocycles. The van der Waals surface area contributed by atoms with Crippen LogP contribution < -0.4 is 20.3 Å². The molecule has 2 bridgehead atoms. The lowest BCUT2D eigenvalue weighted by Gasteiger charge is -2.52. The zero-order valence-electron chi connectivity index (χ0n) is 22.3. The van der Waals surface area contributed by atoms with Crippen LogP contribution >= 0.6 is 0 Å². The van der Waals surface area contributed by atoms with Gasteiger partial charge in [0.15, 0.2) is 5.76 Å². The molecule has 7 rings (SSSR count). The van der Waals surface area contributed by atoms with Gasteiger partial charge >= 0.3 is 6.36 Å². The van der Waals surface area contributed by atoms with Crippen LogP contribution in [0.4, 0.5) is 30.6 Å². The first-order valence-corrected chi connectivity index (χ1v) is 14.1. The lowest BCUT2D eigenvalue weighted by atomic mass is 9.75. The van der Waals surface area contributed by atoms with Gasteiger partial charge in [-0.1, -0.05) is 12.8 Å². The molecule has 1 aromatic heterocycles. The number of fused-ring (bicyclic) bond motifs is 3. The zero-order chi connectivity index (χ0) is 28.6. The van der Waals surface area contributed by atoms with E-state index in [1.807, 2.05) is 12.1 Å². The van der Waals surface area contributed by atoms with Gasteiger partial charge in [-0.25, -0.2) is 4.98 Å². The van der Waals surface area contributed by atoms with Gasteiger partial charge in [0.05, 0.1) is 11.1 Å². The van der Waals surface area contributed by atoms with E-state index in [0.717, 1.165) is 50.8 Å². The van der Waals surface area contributed by atoms with Gasteiger partial charge in [-0.05, 0) is 74.4 Å².